The van der Waals surface area contributed by atoms with E-state index in [0.717, 1.165) is 39.5 Å². The number of carbonyl (C=O) groups excluding carboxylic acids is 1. The number of sulfonamides is 1. The largest absolute Gasteiger partial charge is 0.325 e. The van der Waals surface area contributed by atoms with Crippen LogP contribution < -0.4 is 10.0 Å². The van der Waals surface area contributed by atoms with E-state index >= 15 is 0 Å². The molecule has 1 amide bonds. The molecule has 0 aliphatic carbocycles. The molecule has 3 aromatic rings. The molecular weight excluding hydrogens is 377 g/mol. The molecule has 136 valence electrons. The second-order valence-electron chi connectivity index (χ2n) is 5.70. The smallest absolute Gasteiger partial charge is 0.242 e. The predicted octanol–water partition coefficient (Wildman–Crippen LogP) is 3.05. The molecule has 0 aliphatic heterocycles. The van der Waals surface area contributed by atoms with Crippen LogP contribution in [0.1, 0.15) is 11.9 Å². The monoisotopic (exact) mass is 393 g/mol. The average Bonchev–Trinajstić information content (AvgIpc) is 2.94. The number of thiazole rings is 1. The predicted molar refractivity (Wildman–Crippen MR) is 99.2 cm³/mol. The minimum absolute atomic E-state index is 0.111. The Morgan fingerprint density at radius 1 is 1.19 bits per heavy atom. The van der Waals surface area contributed by atoms with Crippen LogP contribution in [-0.4, -0.2) is 25.4 Å². The standard InChI is InChI=1S/C17H16FN3O3S2/c1-10(21-26(23,24)14-6-3-12(18)4-7-14)17(22)20-13-5-8-15-16(9-13)25-11(2)19-15/h3-10,21H,1-2H3,(H,20,22). The van der Waals surface area contributed by atoms with E-state index in [1.807, 2.05) is 6.92 Å². The number of nitrogens with one attached hydrogen (secondary N) is 2. The summed E-state index contributed by atoms with van der Waals surface area (Å²) < 4.78 is 40.7. The lowest BCUT2D eigenvalue weighted by atomic mass is 10.2. The first-order valence-corrected chi connectivity index (χ1v) is 10.0. The fraction of sp³-hybridized carbons (Fsp3) is 0.176. The van der Waals surface area contributed by atoms with Crippen LogP contribution in [0.25, 0.3) is 10.2 Å². The zero-order valence-electron chi connectivity index (χ0n) is 14.0. The second-order valence-corrected chi connectivity index (χ2v) is 8.65. The first-order chi connectivity index (χ1) is 12.2. The van der Waals surface area contributed by atoms with E-state index in [1.54, 1.807) is 18.2 Å². The number of benzene rings is 2. The molecule has 3 rings (SSSR count). The van der Waals surface area contributed by atoms with E-state index in [9.17, 15) is 17.6 Å². The molecule has 2 aromatic carbocycles. The van der Waals surface area contributed by atoms with E-state index in [-0.39, 0.29) is 4.90 Å². The van der Waals surface area contributed by atoms with Crippen LogP contribution in [0.2, 0.25) is 0 Å². The molecule has 2 N–H and O–H groups in total. The summed E-state index contributed by atoms with van der Waals surface area (Å²) in [7, 11) is -3.93. The summed E-state index contributed by atoms with van der Waals surface area (Å²) in [5.74, 6) is -1.04. The third-order valence-electron chi connectivity index (χ3n) is 3.61. The summed E-state index contributed by atoms with van der Waals surface area (Å²) in [4.78, 5) is 16.5. The van der Waals surface area contributed by atoms with Gasteiger partial charge >= 0.3 is 0 Å². The number of aromatic nitrogens is 1. The lowest BCUT2D eigenvalue weighted by molar-refractivity contribution is -0.117. The van der Waals surface area contributed by atoms with Gasteiger partial charge in [0.2, 0.25) is 15.9 Å². The Hall–Kier alpha value is -2.36. The minimum Gasteiger partial charge on any atom is -0.325 e. The van der Waals surface area contributed by atoms with Gasteiger partial charge in [0.25, 0.3) is 0 Å². The SMILES string of the molecule is Cc1nc2ccc(NC(=O)C(C)NS(=O)(=O)c3ccc(F)cc3)cc2s1. The number of aryl methyl sites for hydroxylation is 1. The topological polar surface area (TPSA) is 88.2 Å². The molecule has 0 bridgehead atoms. The maximum absolute atomic E-state index is 12.9. The Morgan fingerprint density at radius 3 is 2.58 bits per heavy atom. The van der Waals surface area contributed by atoms with Crippen LogP contribution in [-0.2, 0) is 14.8 Å². The lowest BCUT2D eigenvalue weighted by Crippen LogP contribution is -2.41. The average molecular weight is 393 g/mol. The van der Waals surface area contributed by atoms with E-state index in [2.05, 4.69) is 15.0 Å². The van der Waals surface area contributed by atoms with Gasteiger partial charge in [-0.1, -0.05) is 0 Å². The Bertz CT molecular complexity index is 1060. The number of hydrogen-bond donors (Lipinski definition) is 2. The van der Waals surface area contributed by atoms with Crippen molar-refractivity contribution in [2.24, 2.45) is 0 Å². The number of anilines is 1. The summed E-state index contributed by atoms with van der Waals surface area (Å²) in [6.45, 7) is 3.33. The van der Waals surface area contributed by atoms with Crippen LogP contribution in [0.3, 0.4) is 0 Å². The molecular formula is C17H16FN3O3S2. The summed E-state index contributed by atoms with van der Waals surface area (Å²) in [5, 5.41) is 3.60. The van der Waals surface area contributed by atoms with Crippen molar-refractivity contribution in [1.82, 2.24) is 9.71 Å². The Labute approximate surface area is 154 Å². The molecule has 0 fully saturated rings. The first-order valence-electron chi connectivity index (χ1n) is 7.70. The maximum Gasteiger partial charge on any atom is 0.242 e. The first kappa shape index (κ1) is 18.4. The van der Waals surface area contributed by atoms with Crippen molar-refractivity contribution in [1.29, 1.82) is 0 Å². The molecule has 1 aromatic heterocycles. The van der Waals surface area contributed by atoms with Gasteiger partial charge in [-0.05, 0) is 56.3 Å². The quantitative estimate of drug-likeness (QED) is 0.697. The van der Waals surface area contributed by atoms with Gasteiger partial charge in [-0.15, -0.1) is 11.3 Å². The van der Waals surface area contributed by atoms with Gasteiger partial charge in [-0.3, -0.25) is 4.79 Å². The Kier molecular flexibility index (Phi) is 5.03. The summed E-state index contributed by atoms with van der Waals surface area (Å²) in [5.41, 5.74) is 1.40. The normalized spacial score (nSPS) is 12.9. The van der Waals surface area contributed by atoms with Crippen LogP contribution in [0.5, 0.6) is 0 Å². The Balaban J connectivity index is 1.71. The highest BCUT2D eigenvalue weighted by Crippen LogP contribution is 2.24. The molecule has 0 spiro atoms. The van der Waals surface area contributed by atoms with Crippen molar-refractivity contribution < 1.29 is 17.6 Å². The van der Waals surface area contributed by atoms with E-state index in [0.29, 0.717) is 5.69 Å². The molecule has 0 saturated heterocycles. The molecule has 1 atom stereocenters. The molecule has 1 unspecified atom stereocenters. The van der Waals surface area contributed by atoms with Crippen molar-refractivity contribution in [3.05, 3.63) is 53.3 Å². The number of hydrogen-bond acceptors (Lipinski definition) is 5. The molecule has 6 nitrogen and oxygen atoms in total. The fourth-order valence-corrected chi connectivity index (χ4v) is 4.41. The number of carbonyl (C=O) groups is 1. The van der Waals surface area contributed by atoms with Crippen molar-refractivity contribution in [3.63, 3.8) is 0 Å². The van der Waals surface area contributed by atoms with Crippen LogP contribution in [0.4, 0.5) is 10.1 Å². The van der Waals surface area contributed by atoms with E-state index in [1.165, 1.54) is 18.3 Å². The van der Waals surface area contributed by atoms with Gasteiger partial charge in [0.1, 0.15) is 5.82 Å². The van der Waals surface area contributed by atoms with E-state index < -0.39 is 27.8 Å². The minimum atomic E-state index is -3.93. The molecule has 0 saturated carbocycles. The third kappa shape index (κ3) is 4.06. The Morgan fingerprint density at radius 2 is 1.88 bits per heavy atom. The van der Waals surface area contributed by atoms with E-state index in [4.69, 9.17) is 0 Å². The van der Waals surface area contributed by atoms with Crippen molar-refractivity contribution in [2.75, 3.05) is 5.32 Å². The number of fused-ring (bicyclic) bond motifs is 1. The van der Waals surface area contributed by atoms with Crippen LogP contribution in [0, 0.1) is 12.7 Å². The third-order valence-corrected chi connectivity index (χ3v) is 6.10. The van der Waals surface area contributed by atoms with Gasteiger partial charge < -0.3 is 5.32 Å². The summed E-state index contributed by atoms with van der Waals surface area (Å²) >= 11 is 1.51. The lowest BCUT2D eigenvalue weighted by Gasteiger charge is -2.14. The summed E-state index contributed by atoms with van der Waals surface area (Å²) in [6, 6.07) is 8.66. The van der Waals surface area contributed by atoms with Crippen molar-refractivity contribution >= 4 is 43.2 Å². The molecule has 0 aliphatic rings. The van der Waals surface area contributed by atoms with Crippen molar-refractivity contribution in [2.45, 2.75) is 24.8 Å². The van der Waals surface area contributed by atoms with Crippen LogP contribution in [0.15, 0.2) is 47.4 Å². The number of rotatable bonds is 5. The number of amides is 1. The zero-order valence-corrected chi connectivity index (χ0v) is 15.6. The van der Waals surface area contributed by atoms with Gasteiger partial charge in [-0.25, -0.2) is 17.8 Å². The molecule has 1 heterocycles. The fourth-order valence-electron chi connectivity index (χ4n) is 2.34. The van der Waals surface area contributed by atoms with Gasteiger partial charge in [0.15, 0.2) is 0 Å². The van der Waals surface area contributed by atoms with Gasteiger partial charge in [0.05, 0.1) is 26.2 Å². The molecule has 26 heavy (non-hydrogen) atoms. The maximum atomic E-state index is 12.9. The van der Waals surface area contributed by atoms with Crippen LogP contribution >= 0.6 is 11.3 Å². The second kappa shape index (κ2) is 7.10. The number of halogens is 1. The highest BCUT2D eigenvalue weighted by atomic mass is 32.2. The molecule has 9 heteroatoms. The number of nitrogens with zero attached hydrogens (tertiary/aromatic N) is 1. The summed E-state index contributed by atoms with van der Waals surface area (Å²) in [6.07, 6.45) is 0. The highest BCUT2D eigenvalue weighted by Gasteiger charge is 2.22. The van der Waals surface area contributed by atoms with Gasteiger partial charge in [-0.2, -0.15) is 4.72 Å². The zero-order chi connectivity index (χ0) is 18.9. The molecule has 0 radical (unpaired) electrons. The van der Waals surface area contributed by atoms with Gasteiger partial charge in [0, 0.05) is 5.69 Å². The highest BCUT2D eigenvalue weighted by molar-refractivity contribution is 7.89. The van der Waals surface area contributed by atoms with Crippen molar-refractivity contribution in [3.8, 4) is 0 Å².